The van der Waals surface area contributed by atoms with Crippen molar-refractivity contribution in [1.82, 2.24) is 5.32 Å². The monoisotopic (exact) mass is 399 g/mol. The van der Waals surface area contributed by atoms with Crippen LogP contribution >= 0.6 is 11.3 Å². The fraction of sp³-hybridized carbons (Fsp3) is 0.350. The number of benzene rings is 1. The summed E-state index contributed by atoms with van der Waals surface area (Å²) in [6.45, 7) is 2.93. The van der Waals surface area contributed by atoms with E-state index in [1.54, 1.807) is 23.1 Å². The molecule has 1 atom stereocenters. The van der Waals surface area contributed by atoms with E-state index in [-0.39, 0.29) is 30.7 Å². The molecule has 2 saturated heterocycles. The predicted octanol–water partition coefficient (Wildman–Crippen LogP) is 2.65. The molecule has 2 fully saturated rings. The number of hydrogen-bond acceptors (Lipinski definition) is 5. The van der Waals surface area contributed by atoms with Gasteiger partial charge >= 0.3 is 0 Å². The second-order valence-corrected chi connectivity index (χ2v) is 8.19. The predicted molar refractivity (Wildman–Crippen MR) is 106 cm³/mol. The van der Waals surface area contributed by atoms with Crippen LogP contribution in [0, 0.1) is 6.92 Å². The van der Waals surface area contributed by atoms with Crippen LogP contribution < -0.4 is 15.3 Å². The molecule has 8 heteroatoms. The van der Waals surface area contributed by atoms with E-state index in [0.29, 0.717) is 17.0 Å². The zero-order valence-corrected chi connectivity index (χ0v) is 16.3. The van der Waals surface area contributed by atoms with Gasteiger partial charge in [0.2, 0.25) is 5.91 Å². The van der Waals surface area contributed by atoms with Crippen LogP contribution in [-0.2, 0) is 14.4 Å². The van der Waals surface area contributed by atoms with Gasteiger partial charge in [0.15, 0.2) is 0 Å². The summed E-state index contributed by atoms with van der Waals surface area (Å²) in [6.07, 6.45) is 1.24. The Morgan fingerprint density at radius 1 is 1.14 bits per heavy atom. The molecule has 7 nitrogen and oxygen atoms in total. The Morgan fingerprint density at radius 3 is 2.54 bits per heavy atom. The number of hydroxylamine groups is 1. The maximum atomic E-state index is 12.3. The molecule has 1 aromatic carbocycles. The zero-order chi connectivity index (χ0) is 19.7. The Balaban J connectivity index is 1.35. The summed E-state index contributed by atoms with van der Waals surface area (Å²) < 4.78 is 0. The van der Waals surface area contributed by atoms with Crippen molar-refractivity contribution in [2.45, 2.75) is 32.3 Å². The average Bonchev–Trinajstić information content (AvgIpc) is 3.40. The van der Waals surface area contributed by atoms with Crippen LogP contribution in [0.4, 0.5) is 11.4 Å². The van der Waals surface area contributed by atoms with Crippen molar-refractivity contribution in [3.8, 4) is 0 Å². The van der Waals surface area contributed by atoms with E-state index in [4.69, 9.17) is 4.84 Å². The quantitative estimate of drug-likeness (QED) is 0.838. The summed E-state index contributed by atoms with van der Waals surface area (Å²) >= 11 is 1.43. The first-order valence-corrected chi connectivity index (χ1v) is 10.1. The Kier molecular flexibility index (Phi) is 5.15. The first-order chi connectivity index (χ1) is 13.5. The molecule has 2 aliphatic rings. The lowest BCUT2D eigenvalue weighted by Gasteiger charge is -2.19. The lowest BCUT2D eigenvalue weighted by Crippen LogP contribution is -2.32. The molecule has 2 aromatic rings. The summed E-state index contributed by atoms with van der Waals surface area (Å²) in [5, 5.41) is 4.09. The number of rotatable bonds is 5. The second kappa shape index (κ2) is 7.73. The third-order valence-electron chi connectivity index (χ3n) is 4.81. The second-order valence-electron chi connectivity index (χ2n) is 6.91. The minimum absolute atomic E-state index is 0.123. The first-order valence-electron chi connectivity index (χ1n) is 9.26. The standard InChI is InChI=1S/C20H21N3O4S/c1-13-4-9-17(28-13)20(26)21-12-16-11-19(25)23(27-16)15-7-5-14(6-8-15)22-10-2-3-18(22)24/h4-9,16H,2-3,10-12H2,1H3,(H,21,26). The van der Waals surface area contributed by atoms with E-state index in [1.165, 1.54) is 16.4 Å². The van der Waals surface area contributed by atoms with Crippen molar-refractivity contribution in [2.75, 3.05) is 23.1 Å². The van der Waals surface area contributed by atoms with Gasteiger partial charge in [-0.15, -0.1) is 11.3 Å². The highest BCUT2D eigenvalue weighted by atomic mass is 32.1. The maximum Gasteiger partial charge on any atom is 0.261 e. The van der Waals surface area contributed by atoms with Crippen molar-refractivity contribution < 1.29 is 19.2 Å². The Hall–Kier alpha value is -2.71. The third kappa shape index (κ3) is 3.79. The topological polar surface area (TPSA) is 79.0 Å². The van der Waals surface area contributed by atoms with E-state index in [9.17, 15) is 14.4 Å². The lowest BCUT2D eigenvalue weighted by molar-refractivity contribution is -0.119. The summed E-state index contributed by atoms with van der Waals surface area (Å²) in [5.74, 6) is -0.193. The number of nitrogens with zero attached hydrogens (tertiary/aromatic N) is 2. The molecule has 0 bridgehead atoms. The van der Waals surface area contributed by atoms with Crippen molar-refractivity contribution in [3.63, 3.8) is 0 Å². The Bertz CT molecular complexity index is 908. The van der Waals surface area contributed by atoms with E-state index in [2.05, 4.69) is 5.32 Å². The molecule has 0 aliphatic carbocycles. The molecule has 3 heterocycles. The largest absolute Gasteiger partial charge is 0.349 e. The van der Waals surface area contributed by atoms with E-state index in [0.717, 1.165) is 23.5 Å². The van der Waals surface area contributed by atoms with Crippen molar-refractivity contribution in [3.05, 3.63) is 46.2 Å². The smallest absolute Gasteiger partial charge is 0.261 e. The van der Waals surface area contributed by atoms with Gasteiger partial charge in [-0.05, 0) is 49.7 Å². The Labute approximate surface area is 166 Å². The molecule has 0 radical (unpaired) electrons. The van der Waals surface area contributed by atoms with Crippen molar-refractivity contribution in [1.29, 1.82) is 0 Å². The van der Waals surface area contributed by atoms with Crippen LogP contribution in [0.1, 0.15) is 33.8 Å². The summed E-state index contributed by atoms with van der Waals surface area (Å²) in [4.78, 5) is 45.5. The lowest BCUT2D eigenvalue weighted by atomic mass is 10.2. The van der Waals surface area contributed by atoms with Crippen LogP contribution in [0.15, 0.2) is 36.4 Å². The number of amides is 3. The normalized spacial score (nSPS) is 19.5. The molecule has 1 N–H and O–H groups in total. The zero-order valence-electron chi connectivity index (χ0n) is 15.5. The number of carbonyl (C=O) groups is 3. The SMILES string of the molecule is Cc1ccc(C(=O)NCC2CC(=O)N(c3ccc(N4CCCC4=O)cc3)O2)s1. The van der Waals surface area contributed by atoms with Crippen LogP contribution in [0.3, 0.4) is 0 Å². The highest BCUT2D eigenvalue weighted by molar-refractivity contribution is 7.13. The van der Waals surface area contributed by atoms with Gasteiger partial charge in [-0.2, -0.15) is 5.06 Å². The van der Waals surface area contributed by atoms with Gasteiger partial charge in [0.25, 0.3) is 11.8 Å². The van der Waals surface area contributed by atoms with Crippen LogP contribution in [0.5, 0.6) is 0 Å². The minimum atomic E-state index is -0.405. The highest BCUT2D eigenvalue weighted by Gasteiger charge is 2.33. The van der Waals surface area contributed by atoms with E-state index < -0.39 is 6.10 Å². The summed E-state index contributed by atoms with van der Waals surface area (Å²) in [7, 11) is 0. The summed E-state index contributed by atoms with van der Waals surface area (Å²) in [6, 6.07) is 10.9. The van der Waals surface area contributed by atoms with Gasteiger partial charge in [0.05, 0.1) is 17.0 Å². The van der Waals surface area contributed by atoms with Crippen molar-refractivity contribution in [2.24, 2.45) is 0 Å². The number of thiophene rings is 1. The third-order valence-corrected chi connectivity index (χ3v) is 5.81. The number of anilines is 2. The van der Waals surface area contributed by atoms with Gasteiger partial charge < -0.3 is 10.2 Å². The number of aryl methyl sites for hydroxylation is 1. The first kappa shape index (κ1) is 18.6. The summed E-state index contributed by atoms with van der Waals surface area (Å²) in [5.41, 5.74) is 1.44. The average molecular weight is 399 g/mol. The molecular weight excluding hydrogens is 378 g/mol. The van der Waals surface area contributed by atoms with Gasteiger partial charge in [0.1, 0.15) is 6.10 Å². The molecule has 3 amide bonds. The molecule has 1 aromatic heterocycles. The van der Waals surface area contributed by atoms with Crippen molar-refractivity contribution >= 4 is 40.4 Å². The molecule has 28 heavy (non-hydrogen) atoms. The molecule has 2 aliphatic heterocycles. The van der Waals surface area contributed by atoms with Gasteiger partial charge in [-0.25, -0.2) is 0 Å². The minimum Gasteiger partial charge on any atom is -0.349 e. The molecule has 0 spiro atoms. The van der Waals surface area contributed by atoms with E-state index >= 15 is 0 Å². The van der Waals surface area contributed by atoms with Crippen LogP contribution in [0.2, 0.25) is 0 Å². The molecular formula is C20H21N3O4S. The van der Waals surface area contributed by atoms with Gasteiger partial charge in [-0.3, -0.25) is 19.2 Å². The number of hydrogen-bond donors (Lipinski definition) is 1. The Morgan fingerprint density at radius 2 is 1.89 bits per heavy atom. The van der Waals surface area contributed by atoms with Gasteiger partial charge in [-0.1, -0.05) is 0 Å². The van der Waals surface area contributed by atoms with E-state index in [1.807, 2.05) is 25.1 Å². The molecule has 1 unspecified atom stereocenters. The maximum absolute atomic E-state index is 12.3. The highest BCUT2D eigenvalue weighted by Crippen LogP contribution is 2.28. The fourth-order valence-electron chi connectivity index (χ4n) is 3.38. The molecule has 4 rings (SSSR count). The number of nitrogens with one attached hydrogen (secondary N) is 1. The van der Waals surface area contributed by atoms with Crippen LogP contribution in [0.25, 0.3) is 0 Å². The van der Waals surface area contributed by atoms with Gasteiger partial charge in [0, 0.05) is 30.1 Å². The number of carbonyl (C=O) groups excluding carboxylic acids is 3. The molecule has 146 valence electrons. The fourth-order valence-corrected chi connectivity index (χ4v) is 4.16. The van der Waals surface area contributed by atoms with Crippen LogP contribution in [-0.4, -0.2) is 36.9 Å². The molecule has 0 saturated carbocycles.